The molecule has 0 spiro atoms. The van der Waals surface area contributed by atoms with Crippen LogP contribution in [0.1, 0.15) is 73.9 Å². The van der Waals surface area contributed by atoms with E-state index in [0.29, 0.717) is 23.6 Å². The fourth-order valence-corrected chi connectivity index (χ4v) is 3.54. The Morgan fingerprint density at radius 2 is 1.42 bits per heavy atom. The molecule has 3 aromatic carbocycles. The van der Waals surface area contributed by atoms with E-state index in [1.165, 1.54) is 32.1 Å². The number of oxime groups is 1. The number of unbranched alkanes of at least 4 members (excludes halogenated alkanes) is 5. The van der Waals surface area contributed by atoms with E-state index in [2.05, 4.69) is 17.1 Å². The van der Waals surface area contributed by atoms with Crippen LogP contribution in [0, 0.1) is 0 Å². The summed E-state index contributed by atoms with van der Waals surface area (Å²) in [5.41, 5.74) is 3.50. The van der Waals surface area contributed by atoms with Crippen molar-refractivity contribution in [2.75, 3.05) is 6.61 Å². The number of benzene rings is 3. The van der Waals surface area contributed by atoms with E-state index >= 15 is 0 Å². The Balaban J connectivity index is 1.45. The molecule has 0 atom stereocenters. The van der Waals surface area contributed by atoms with Gasteiger partial charge in [-0.3, -0.25) is 4.99 Å². The lowest BCUT2D eigenvalue weighted by atomic mass is 10.1. The molecule has 36 heavy (non-hydrogen) atoms. The van der Waals surface area contributed by atoms with E-state index in [1.807, 2.05) is 36.4 Å². The minimum Gasteiger partial charge on any atom is -0.494 e. The molecular formula is C30H34N2O4. The second kappa shape index (κ2) is 14.5. The smallest absolute Gasteiger partial charge is 0.343 e. The van der Waals surface area contributed by atoms with Gasteiger partial charge in [-0.05, 0) is 85.1 Å². The van der Waals surface area contributed by atoms with Crippen LogP contribution in [-0.2, 0) is 0 Å². The Labute approximate surface area is 213 Å². The number of hydrogen-bond donors (Lipinski definition) is 1. The molecule has 0 fully saturated rings. The van der Waals surface area contributed by atoms with Crippen LogP contribution < -0.4 is 9.47 Å². The van der Waals surface area contributed by atoms with Crippen molar-refractivity contribution in [1.29, 1.82) is 0 Å². The second-order valence-electron chi connectivity index (χ2n) is 8.59. The number of esters is 1. The summed E-state index contributed by atoms with van der Waals surface area (Å²) in [6.45, 7) is 4.64. The number of carbonyl (C=O) groups excluding carboxylic acids is 1. The van der Waals surface area contributed by atoms with Crippen LogP contribution in [0.2, 0.25) is 0 Å². The van der Waals surface area contributed by atoms with Gasteiger partial charge in [0.05, 0.1) is 23.6 Å². The Bertz CT molecular complexity index is 1140. The van der Waals surface area contributed by atoms with Crippen molar-refractivity contribution in [2.45, 2.75) is 52.4 Å². The lowest BCUT2D eigenvalue weighted by molar-refractivity contribution is 0.0734. The monoisotopic (exact) mass is 486 g/mol. The van der Waals surface area contributed by atoms with Crippen LogP contribution in [0.4, 0.5) is 5.69 Å². The lowest BCUT2D eigenvalue weighted by Gasteiger charge is -2.08. The summed E-state index contributed by atoms with van der Waals surface area (Å²) < 4.78 is 11.3. The van der Waals surface area contributed by atoms with Crippen molar-refractivity contribution >= 4 is 23.6 Å². The molecule has 0 aliphatic rings. The predicted molar refractivity (Wildman–Crippen MR) is 144 cm³/mol. The first-order valence-corrected chi connectivity index (χ1v) is 12.5. The molecular weight excluding hydrogens is 452 g/mol. The minimum atomic E-state index is -0.416. The van der Waals surface area contributed by atoms with E-state index in [0.717, 1.165) is 29.0 Å². The minimum absolute atomic E-state index is 0.416. The van der Waals surface area contributed by atoms with E-state index < -0.39 is 5.97 Å². The van der Waals surface area contributed by atoms with Crippen LogP contribution in [0.5, 0.6) is 11.5 Å². The Morgan fingerprint density at radius 3 is 2.08 bits per heavy atom. The van der Waals surface area contributed by atoms with Gasteiger partial charge in [0.1, 0.15) is 11.5 Å². The zero-order valence-corrected chi connectivity index (χ0v) is 21.0. The molecule has 188 valence electrons. The number of ether oxygens (including phenoxy) is 2. The normalized spacial score (nSPS) is 11.6. The lowest BCUT2D eigenvalue weighted by Crippen LogP contribution is -2.08. The van der Waals surface area contributed by atoms with Gasteiger partial charge in [-0.25, -0.2) is 4.79 Å². The summed E-state index contributed by atoms with van der Waals surface area (Å²) >= 11 is 0. The fraction of sp³-hybridized carbons (Fsp3) is 0.300. The van der Waals surface area contributed by atoms with Crippen molar-refractivity contribution in [3.8, 4) is 11.5 Å². The third-order valence-electron chi connectivity index (χ3n) is 5.75. The summed E-state index contributed by atoms with van der Waals surface area (Å²) in [6, 6.07) is 21.6. The highest BCUT2D eigenvalue weighted by Crippen LogP contribution is 2.18. The third-order valence-corrected chi connectivity index (χ3v) is 5.75. The topological polar surface area (TPSA) is 80.5 Å². The first-order chi connectivity index (χ1) is 17.6. The van der Waals surface area contributed by atoms with E-state index in [9.17, 15) is 4.79 Å². The molecule has 3 rings (SSSR count). The molecule has 3 aromatic rings. The average molecular weight is 487 g/mol. The summed E-state index contributed by atoms with van der Waals surface area (Å²) in [6.07, 6.45) is 9.06. The van der Waals surface area contributed by atoms with Crippen LogP contribution in [0.15, 0.2) is 82.9 Å². The van der Waals surface area contributed by atoms with Gasteiger partial charge < -0.3 is 14.7 Å². The molecule has 1 N–H and O–H groups in total. The average Bonchev–Trinajstić information content (AvgIpc) is 2.92. The van der Waals surface area contributed by atoms with Crippen molar-refractivity contribution in [1.82, 2.24) is 0 Å². The first kappa shape index (κ1) is 26.7. The molecule has 0 saturated heterocycles. The molecule has 0 aliphatic heterocycles. The largest absolute Gasteiger partial charge is 0.494 e. The van der Waals surface area contributed by atoms with Crippen molar-refractivity contribution in [2.24, 2.45) is 10.1 Å². The van der Waals surface area contributed by atoms with Crippen LogP contribution >= 0.6 is 0 Å². The predicted octanol–water partition coefficient (Wildman–Crippen LogP) is 7.59. The molecule has 0 saturated carbocycles. The maximum absolute atomic E-state index is 12.5. The number of hydrogen-bond acceptors (Lipinski definition) is 6. The van der Waals surface area contributed by atoms with Gasteiger partial charge in [0.25, 0.3) is 0 Å². The second-order valence-corrected chi connectivity index (χ2v) is 8.59. The molecule has 0 aliphatic carbocycles. The number of rotatable bonds is 13. The van der Waals surface area contributed by atoms with Crippen molar-refractivity contribution in [3.05, 3.63) is 89.5 Å². The Hall–Kier alpha value is -3.93. The molecule has 0 bridgehead atoms. The highest BCUT2D eigenvalue weighted by molar-refractivity contribution is 5.98. The van der Waals surface area contributed by atoms with Gasteiger partial charge in [-0.2, -0.15) is 0 Å². The van der Waals surface area contributed by atoms with E-state index in [4.69, 9.17) is 14.7 Å². The third kappa shape index (κ3) is 8.69. The summed E-state index contributed by atoms with van der Waals surface area (Å²) in [4.78, 5) is 16.9. The quantitative estimate of drug-likeness (QED) is 0.0674. The molecule has 6 heteroatoms. The molecule has 0 unspecified atom stereocenters. The maximum atomic E-state index is 12.5. The zero-order valence-electron chi connectivity index (χ0n) is 21.0. The standard InChI is InChI=1S/C30H34N2O4/c1-3-4-5-6-7-8-21-35-28-19-13-26(14-20-28)30(33)36-29-17-9-24(10-18-29)22-31-27-15-11-25(12-16-27)23(2)32-34/h9-20,22,34H,3-8,21H2,1-2H3/b31-22?,32-23+. The summed E-state index contributed by atoms with van der Waals surface area (Å²) in [5.74, 6) is 0.805. The van der Waals surface area contributed by atoms with E-state index in [-0.39, 0.29) is 0 Å². The zero-order chi connectivity index (χ0) is 25.6. The van der Waals surface area contributed by atoms with Gasteiger partial charge >= 0.3 is 5.97 Å². The summed E-state index contributed by atoms with van der Waals surface area (Å²) in [7, 11) is 0. The number of aliphatic imine (C=N–C) groups is 1. The molecule has 0 amide bonds. The number of nitrogens with zero attached hydrogens (tertiary/aromatic N) is 2. The van der Waals surface area contributed by atoms with E-state index in [1.54, 1.807) is 49.5 Å². The van der Waals surface area contributed by atoms with Crippen LogP contribution in [0.3, 0.4) is 0 Å². The van der Waals surface area contributed by atoms with Gasteiger partial charge in [-0.1, -0.05) is 56.3 Å². The molecule has 0 heterocycles. The highest BCUT2D eigenvalue weighted by Gasteiger charge is 2.09. The van der Waals surface area contributed by atoms with Crippen molar-refractivity contribution < 1.29 is 19.5 Å². The summed E-state index contributed by atoms with van der Waals surface area (Å²) in [5, 5.41) is 12.0. The first-order valence-electron chi connectivity index (χ1n) is 12.5. The molecule has 6 nitrogen and oxygen atoms in total. The van der Waals surface area contributed by atoms with Gasteiger partial charge in [-0.15, -0.1) is 0 Å². The van der Waals surface area contributed by atoms with Crippen LogP contribution in [0.25, 0.3) is 0 Å². The van der Waals surface area contributed by atoms with Crippen LogP contribution in [-0.4, -0.2) is 29.7 Å². The van der Waals surface area contributed by atoms with Gasteiger partial charge in [0.15, 0.2) is 0 Å². The number of carbonyl (C=O) groups is 1. The van der Waals surface area contributed by atoms with Gasteiger partial charge in [0.2, 0.25) is 0 Å². The molecule has 0 aromatic heterocycles. The highest BCUT2D eigenvalue weighted by atomic mass is 16.5. The maximum Gasteiger partial charge on any atom is 0.343 e. The Kier molecular flexibility index (Phi) is 10.7. The SMILES string of the molecule is CCCCCCCCOc1ccc(C(=O)Oc2ccc(C=Nc3ccc(/C(C)=N/O)cc3)cc2)cc1. The Morgan fingerprint density at radius 1 is 0.806 bits per heavy atom. The van der Waals surface area contributed by atoms with Crippen molar-refractivity contribution in [3.63, 3.8) is 0 Å². The molecule has 0 radical (unpaired) electrons. The van der Waals surface area contributed by atoms with Gasteiger partial charge in [0, 0.05) is 6.21 Å². The fourth-order valence-electron chi connectivity index (χ4n) is 3.54.